The van der Waals surface area contributed by atoms with Gasteiger partial charge in [0, 0.05) is 19.3 Å². The molecular weight excluding hydrogens is 260 g/mol. The lowest BCUT2D eigenvalue weighted by Gasteiger charge is -1.98. The summed E-state index contributed by atoms with van der Waals surface area (Å²) in [5, 5.41) is 8.51. The zero-order valence-corrected chi connectivity index (χ0v) is 14.0. The van der Waals surface area contributed by atoms with Gasteiger partial charge in [-0.3, -0.25) is 4.79 Å². The number of carboxylic acids is 1. The largest absolute Gasteiger partial charge is 0.481 e. The fourth-order valence-electron chi connectivity index (χ4n) is 2.37. The molecule has 0 atom stereocenters. The number of carbonyl (C=O) groups is 1. The molecule has 0 aliphatic carbocycles. The first-order chi connectivity index (χ1) is 10.3. The predicted molar refractivity (Wildman–Crippen MR) is 90.3 cm³/mol. The number of aliphatic carboxylic acids is 1. The number of carboxylic acid groups (broad SMARTS) is 1. The standard InChI is InChI=1S/C19H34O2/c1-2-3-4-5-6-7-8-9-10-11-12-13-14-15-16-17-18-19(20)21/h2-9,12-18H2,1H3,(H,20,21). The first-order valence-electron chi connectivity index (χ1n) is 8.95. The Morgan fingerprint density at radius 3 is 1.62 bits per heavy atom. The summed E-state index contributed by atoms with van der Waals surface area (Å²) in [5.41, 5.74) is 0. The van der Waals surface area contributed by atoms with Crippen molar-refractivity contribution >= 4 is 5.97 Å². The molecule has 21 heavy (non-hydrogen) atoms. The van der Waals surface area contributed by atoms with Crippen molar-refractivity contribution in [1.29, 1.82) is 0 Å². The third-order valence-corrected chi connectivity index (χ3v) is 3.72. The van der Waals surface area contributed by atoms with Crippen LogP contribution < -0.4 is 0 Å². The maximum atomic E-state index is 10.3. The third-order valence-electron chi connectivity index (χ3n) is 3.72. The van der Waals surface area contributed by atoms with Gasteiger partial charge in [0.15, 0.2) is 0 Å². The van der Waals surface area contributed by atoms with E-state index in [4.69, 9.17) is 5.11 Å². The van der Waals surface area contributed by atoms with E-state index in [2.05, 4.69) is 18.8 Å². The summed E-state index contributed by atoms with van der Waals surface area (Å²) in [5.74, 6) is 5.86. The van der Waals surface area contributed by atoms with Crippen molar-refractivity contribution in [3.63, 3.8) is 0 Å². The van der Waals surface area contributed by atoms with Gasteiger partial charge in [-0.15, -0.1) is 11.8 Å². The molecule has 0 rings (SSSR count). The van der Waals surface area contributed by atoms with E-state index in [0.717, 1.165) is 38.5 Å². The van der Waals surface area contributed by atoms with Gasteiger partial charge >= 0.3 is 5.97 Å². The van der Waals surface area contributed by atoms with E-state index in [1.807, 2.05) is 0 Å². The van der Waals surface area contributed by atoms with Gasteiger partial charge in [-0.25, -0.2) is 0 Å². The Kier molecular flexibility index (Phi) is 16.3. The van der Waals surface area contributed by atoms with E-state index >= 15 is 0 Å². The first-order valence-corrected chi connectivity index (χ1v) is 8.95. The molecule has 0 heterocycles. The van der Waals surface area contributed by atoms with Gasteiger partial charge in [-0.2, -0.15) is 0 Å². The number of hydrogen-bond acceptors (Lipinski definition) is 1. The zero-order chi connectivity index (χ0) is 15.6. The minimum absolute atomic E-state index is 0.318. The molecule has 0 aromatic rings. The second-order valence-electron chi connectivity index (χ2n) is 5.89. The maximum Gasteiger partial charge on any atom is 0.303 e. The Bertz CT molecular complexity index is 286. The second kappa shape index (κ2) is 17.1. The average molecular weight is 294 g/mol. The molecule has 0 spiro atoms. The van der Waals surface area contributed by atoms with Crippen molar-refractivity contribution in [2.24, 2.45) is 0 Å². The van der Waals surface area contributed by atoms with Crippen LogP contribution in [0.4, 0.5) is 0 Å². The van der Waals surface area contributed by atoms with Crippen molar-refractivity contribution in [2.75, 3.05) is 0 Å². The summed E-state index contributed by atoms with van der Waals surface area (Å²) in [4.78, 5) is 10.3. The molecule has 0 aliphatic rings. The van der Waals surface area contributed by atoms with Gasteiger partial charge in [0.05, 0.1) is 0 Å². The van der Waals surface area contributed by atoms with Crippen molar-refractivity contribution in [3.05, 3.63) is 0 Å². The minimum atomic E-state index is -0.675. The van der Waals surface area contributed by atoms with Crippen molar-refractivity contribution in [3.8, 4) is 11.8 Å². The zero-order valence-electron chi connectivity index (χ0n) is 14.0. The predicted octanol–water partition coefficient (Wildman–Crippen LogP) is 5.95. The van der Waals surface area contributed by atoms with Crippen LogP contribution >= 0.6 is 0 Å². The quantitative estimate of drug-likeness (QED) is 0.318. The van der Waals surface area contributed by atoms with Crippen molar-refractivity contribution in [2.45, 2.75) is 103 Å². The molecule has 0 aliphatic heterocycles. The lowest BCUT2D eigenvalue weighted by molar-refractivity contribution is -0.137. The van der Waals surface area contributed by atoms with Crippen LogP contribution in [-0.4, -0.2) is 11.1 Å². The van der Waals surface area contributed by atoms with Crippen LogP contribution in [-0.2, 0) is 4.79 Å². The van der Waals surface area contributed by atoms with Crippen LogP contribution in [0.2, 0.25) is 0 Å². The van der Waals surface area contributed by atoms with Crippen LogP contribution in [0.25, 0.3) is 0 Å². The van der Waals surface area contributed by atoms with E-state index in [0.29, 0.717) is 6.42 Å². The van der Waals surface area contributed by atoms with Gasteiger partial charge < -0.3 is 5.11 Å². The molecule has 1 N–H and O–H groups in total. The molecular formula is C19H34O2. The summed E-state index contributed by atoms with van der Waals surface area (Å²) in [6.45, 7) is 2.26. The highest BCUT2D eigenvalue weighted by Crippen LogP contribution is 2.08. The average Bonchev–Trinajstić information content (AvgIpc) is 2.46. The maximum absolute atomic E-state index is 10.3. The lowest BCUT2D eigenvalue weighted by atomic mass is 10.1. The first kappa shape index (κ1) is 20.0. The SMILES string of the molecule is CCCCCCCCCC#CCCCCCCCC(=O)O. The van der Waals surface area contributed by atoms with Gasteiger partial charge in [0.2, 0.25) is 0 Å². The van der Waals surface area contributed by atoms with E-state index in [-0.39, 0.29) is 0 Å². The summed E-state index contributed by atoms with van der Waals surface area (Å²) < 4.78 is 0. The Hall–Kier alpha value is -0.970. The highest BCUT2D eigenvalue weighted by atomic mass is 16.4. The Labute approximate surface area is 131 Å². The highest BCUT2D eigenvalue weighted by Gasteiger charge is 1.95. The molecule has 0 bridgehead atoms. The van der Waals surface area contributed by atoms with Crippen molar-refractivity contribution < 1.29 is 9.90 Å². The molecule has 2 heteroatoms. The summed E-state index contributed by atoms with van der Waals surface area (Å²) in [6.07, 6.45) is 17.2. The molecule has 0 saturated heterocycles. The number of hydrogen-bond donors (Lipinski definition) is 1. The molecule has 0 fully saturated rings. The molecule has 0 aromatic heterocycles. The van der Waals surface area contributed by atoms with Crippen LogP contribution in [0.15, 0.2) is 0 Å². The van der Waals surface area contributed by atoms with Gasteiger partial charge in [-0.05, 0) is 19.3 Å². The fraction of sp³-hybridized carbons (Fsp3) is 0.842. The van der Waals surface area contributed by atoms with Crippen LogP contribution in [0, 0.1) is 11.8 Å². The van der Waals surface area contributed by atoms with Gasteiger partial charge in [-0.1, -0.05) is 64.7 Å². The second-order valence-corrected chi connectivity index (χ2v) is 5.89. The number of unbranched alkanes of at least 4 members (excludes halogenated alkanes) is 12. The van der Waals surface area contributed by atoms with Crippen LogP contribution in [0.1, 0.15) is 103 Å². The number of rotatable bonds is 14. The summed E-state index contributed by atoms with van der Waals surface area (Å²) in [6, 6.07) is 0. The fourth-order valence-corrected chi connectivity index (χ4v) is 2.37. The normalized spacial score (nSPS) is 10.1. The van der Waals surface area contributed by atoms with E-state index < -0.39 is 5.97 Å². The lowest BCUT2D eigenvalue weighted by Crippen LogP contribution is -1.93. The summed E-state index contributed by atoms with van der Waals surface area (Å²) >= 11 is 0. The topological polar surface area (TPSA) is 37.3 Å². The Balaban J connectivity index is 3.11. The molecule has 0 amide bonds. The van der Waals surface area contributed by atoms with Crippen molar-refractivity contribution in [1.82, 2.24) is 0 Å². The van der Waals surface area contributed by atoms with Gasteiger partial charge in [0.1, 0.15) is 0 Å². The van der Waals surface area contributed by atoms with Crippen LogP contribution in [0.5, 0.6) is 0 Å². The molecule has 0 saturated carbocycles. The van der Waals surface area contributed by atoms with E-state index in [1.54, 1.807) is 0 Å². The minimum Gasteiger partial charge on any atom is -0.481 e. The Morgan fingerprint density at radius 2 is 1.14 bits per heavy atom. The van der Waals surface area contributed by atoms with Gasteiger partial charge in [0.25, 0.3) is 0 Å². The molecule has 2 nitrogen and oxygen atoms in total. The summed E-state index contributed by atoms with van der Waals surface area (Å²) in [7, 11) is 0. The molecule has 0 aromatic carbocycles. The van der Waals surface area contributed by atoms with E-state index in [9.17, 15) is 4.79 Å². The molecule has 122 valence electrons. The third kappa shape index (κ3) is 19.0. The highest BCUT2D eigenvalue weighted by molar-refractivity contribution is 5.66. The Morgan fingerprint density at radius 1 is 0.714 bits per heavy atom. The molecule has 0 unspecified atom stereocenters. The monoisotopic (exact) mass is 294 g/mol. The van der Waals surface area contributed by atoms with E-state index in [1.165, 1.54) is 51.4 Å². The van der Waals surface area contributed by atoms with Crippen LogP contribution in [0.3, 0.4) is 0 Å². The molecule has 0 radical (unpaired) electrons. The smallest absolute Gasteiger partial charge is 0.303 e.